The minimum Gasteiger partial charge on any atom is -0.381 e. The van der Waals surface area contributed by atoms with E-state index in [9.17, 15) is 10.5 Å². The zero-order valence-electron chi connectivity index (χ0n) is 38.2. The lowest BCUT2D eigenvalue weighted by atomic mass is 9.81. The van der Waals surface area contributed by atoms with Crippen molar-refractivity contribution in [3.05, 3.63) is 82.4 Å². The van der Waals surface area contributed by atoms with Gasteiger partial charge in [-0.15, -0.1) is 0 Å². The van der Waals surface area contributed by atoms with Crippen molar-refractivity contribution in [2.75, 3.05) is 64.4 Å². The van der Waals surface area contributed by atoms with E-state index in [2.05, 4.69) is 32.7 Å². The van der Waals surface area contributed by atoms with Crippen molar-refractivity contribution in [2.24, 2.45) is 34.1 Å². The lowest BCUT2D eigenvalue weighted by Crippen LogP contribution is -2.41. The van der Waals surface area contributed by atoms with Gasteiger partial charge in [0.2, 0.25) is 0 Å². The highest BCUT2D eigenvalue weighted by Crippen LogP contribution is 2.35. The fraction of sp³-hybridized carbons (Fsp3) is 0.560. The third-order valence-electron chi connectivity index (χ3n) is 14.0. The number of hydrogen-bond donors (Lipinski definition) is 4. The number of rotatable bonds is 14. The van der Waals surface area contributed by atoms with Crippen molar-refractivity contribution in [2.45, 2.75) is 101 Å². The molecule has 14 nitrogen and oxygen atoms in total. The summed E-state index contributed by atoms with van der Waals surface area (Å²) in [5, 5.41) is 27.2. The molecule has 6 atom stereocenters. The predicted molar refractivity (Wildman–Crippen MR) is 258 cm³/mol. The SMILES string of the molecule is CO[C@@H]1C[C@@H](Cc2cc(-c3cccc(NCC4(C#N)CCOCC4)n3)c(Cl)cn2)CC[C@@H]1N.CO[C@H]1C[C@H](Cc2cc(-c3cccc(NCC4(C#N)CCOCC4)n3)c(Cl)cn2)CC[C@H]1N. The molecule has 6 N–H and O–H groups in total. The molecular weight excluding hydrogens is 876 g/mol. The van der Waals surface area contributed by atoms with Crippen LogP contribution in [0, 0.1) is 45.3 Å². The highest BCUT2D eigenvalue weighted by Gasteiger charge is 2.34. The van der Waals surface area contributed by atoms with Gasteiger partial charge in [-0.1, -0.05) is 35.3 Å². The van der Waals surface area contributed by atoms with Gasteiger partial charge in [-0.2, -0.15) is 10.5 Å². The lowest BCUT2D eigenvalue weighted by molar-refractivity contribution is 0.0346. The van der Waals surface area contributed by atoms with Gasteiger partial charge in [-0.3, -0.25) is 9.97 Å². The molecule has 4 fully saturated rings. The molecule has 16 heteroatoms. The monoisotopic (exact) mass is 938 g/mol. The maximum absolute atomic E-state index is 9.70. The van der Waals surface area contributed by atoms with Crippen LogP contribution >= 0.6 is 23.2 Å². The van der Waals surface area contributed by atoms with Crippen LogP contribution in [0.1, 0.15) is 75.6 Å². The largest absolute Gasteiger partial charge is 0.381 e. The van der Waals surface area contributed by atoms with Crippen LogP contribution in [-0.2, 0) is 31.8 Å². The normalized spacial score (nSPS) is 24.7. The molecule has 8 rings (SSSR count). The number of aromatic nitrogens is 4. The number of methoxy groups -OCH3 is 2. The van der Waals surface area contributed by atoms with Crippen LogP contribution < -0.4 is 22.1 Å². The van der Waals surface area contributed by atoms with E-state index in [1.165, 1.54) is 0 Å². The van der Waals surface area contributed by atoms with Crippen LogP contribution in [0.4, 0.5) is 11.6 Å². The molecule has 2 aliphatic heterocycles. The van der Waals surface area contributed by atoms with E-state index in [4.69, 9.17) is 63.6 Å². The number of hydrogen-bond acceptors (Lipinski definition) is 14. The molecule has 4 aromatic heterocycles. The van der Waals surface area contributed by atoms with E-state index < -0.39 is 10.8 Å². The van der Waals surface area contributed by atoms with Gasteiger partial charge in [0.15, 0.2) is 0 Å². The molecule has 0 unspecified atom stereocenters. The first-order valence-electron chi connectivity index (χ1n) is 23.3. The first-order chi connectivity index (χ1) is 32.0. The Morgan fingerprint density at radius 3 is 1.45 bits per heavy atom. The molecule has 66 heavy (non-hydrogen) atoms. The molecule has 0 spiro atoms. The van der Waals surface area contributed by atoms with Gasteiger partial charge in [0.1, 0.15) is 11.6 Å². The van der Waals surface area contributed by atoms with Crippen molar-refractivity contribution < 1.29 is 18.9 Å². The molecule has 2 saturated carbocycles. The van der Waals surface area contributed by atoms with E-state index in [0.29, 0.717) is 61.4 Å². The molecule has 2 aliphatic carbocycles. The Morgan fingerprint density at radius 2 is 1.08 bits per heavy atom. The molecule has 352 valence electrons. The zero-order valence-corrected chi connectivity index (χ0v) is 39.7. The molecule has 0 bridgehead atoms. The zero-order chi connectivity index (χ0) is 46.5. The molecule has 6 heterocycles. The molecule has 0 aromatic carbocycles. The van der Waals surface area contributed by atoms with Crippen LogP contribution in [0.25, 0.3) is 22.5 Å². The van der Waals surface area contributed by atoms with Crippen LogP contribution in [0.2, 0.25) is 10.0 Å². The van der Waals surface area contributed by atoms with Gasteiger partial charge in [-0.05, 0) is 125 Å². The summed E-state index contributed by atoms with van der Waals surface area (Å²) in [7, 11) is 3.47. The van der Waals surface area contributed by atoms with E-state index in [1.807, 2.05) is 48.5 Å². The van der Waals surface area contributed by atoms with Crippen LogP contribution in [0.15, 0.2) is 60.9 Å². The molecule has 0 radical (unpaired) electrons. The van der Waals surface area contributed by atoms with Gasteiger partial charge in [0.05, 0.1) is 56.6 Å². The third kappa shape index (κ3) is 12.9. The van der Waals surface area contributed by atoms with E-state index in [-0.39, 0.29) is 24.3 Å². The number of ether oxygens (including phenoxy) is 4. The highest BCUT2D eigenvalue weighted by atomic mass is 35.5. The van der Waals surface area contributed by atoms with Gasteiger partial charge >= 0.3 is 0 Å². The van der Waals surface area contributed by atoms with Crippen molar-refractivity contribution in [3.8, 4) is 34.7 Å². The van der Waals surface area contributed by atoms with Crippen LogP contribution in [0.3, 0.4) is 0 Å². The second-order valence-corrected chi connectivity index (χ2v) is 19.3. The fourth-order valence-corrected chi connectivity index (χ4v) is 10.0. The quantitative estimate of drug-likeness (QED) is 0.0935. The van der Waals surface area contributed by atoms with Gasteiger partial charge < -0.3 is 41.0 Å². The van der Waals surface area contributed by atoms with E-state index in [0.717, 1.165) is 123 Å². The number of anilines is 2. The number of nitrogens with one attached hydrogen (secondary N) is 2. The second-order valence-electron chi connectivity index (χ2n) is 18.5. The molecular formula is C50H64Cl2N10O4. The first kappa shape index (κ1) is 49.4. The Labute approximate surface area is 399 Å². The number of nitrogens with two attached hydrogens (primary N) is 2. The van der Waals surface area contributed by atoms with E-state index in [1.54, 1.807) is 26.6 Å². The van der Waals surface area contributed by atoms with Crippen molar-refractivity contribution in [1.29, 1.82) is 10.5 Å². The van der Waals surface area contributed by atoms with Gasteiger partial charge in [0, 0.05) is 101 Å². The summed E-state index contributed by atoms with van der Waals surface area (Å²) in [6.07, 6.45) is 14.2. The summed E-state index contributed by atoms with van der Waals surface area (Å²) in [4.78, 5) is 18.7. The number of halogens is 2. The first-order valence-corrected chi connectivity index (χ1v) is 24.1. The standard InChI is InChI=1S/2C25H32ClN5O2/c2*1-32-23-12-17(5-6-21(23)28)11-18-13-19(20(26)14-29-18)22-3-2-4-24(31-22)30-16-25(15-27)7-9-33-10-8-25/h2*2-4,13-14,17,21,23H,5-12,16,28H2,1H3,(H,30,31)/t2*17-,21+,23-/m10/s1. The number of nitrogens with zero attached hydrogens (tertiary/aromatic N) is 6. The van der Waals surface area contributed by atoms with Gasteiger partial charge in [-0.25, -0.2) is 9.97 Å². The summed E-state index contributed by atoms with van der Waals surface area (Å²) < 4.78 is 22.0. The van der Waals surface area contributed by atoms with Crippen LogP contribution in [0.5, 0.6) is 0 Å². The van der Waals surface area contributed by atoms with E-state index >= 15 is 0 Å². The van der Waals surface area contributed by atoms with Crippen molar-refractivity contribution in [1.82, 2.24) is 19.9 Å². The summed E-state index contributed by atoms with van der Waals surface area (Å²) >= 11 is 13.0. The number of pyridine rings is 4. The fourth-order valence-electron chi connectivity index (χ4n) is 9.62. The number of nitriles is 2. The Bertz CT molecular complexity index is 2140. The summed E-state index contributed by atoms with van der Waals surface area (Å²) in [6.45, 7) is 3.57. The topological polar surface area (TPSA) is 212 Å². The Morgan fingerprint density at radius 1 is 0.667 bits per heavy atom. The molecule has 0 amide bonds. The average Bonchev–Trinajstić information content (AvgIpc) is 3.36. The maximum Gasteiger partial charge on any atom is 0.126 e. The maximum atomic E-state index is 9.70. The van der Waals surface area contributed by atoms with Crippen LogP contribution in [-0.4, -0.2) is 98.0 Å². The third-order valence-corrected chi connectivity index (χ3v) is 14.6. The summed E-state index contributed by atoms with van der Waals surface area (Å²) in [5.41, 5.74) is 16.8. The Hall–Kier alpha value is -4.48. The minimum absolute atomic E-state index is 0.104. The second kappa shape index (κ2) is 23.5. The highest BCUT2D eigenvalue weighted by molar-refractivity contribution is 6.33. The van der Waals surface area contributed by atoms with Crippen molar-refractivity contribution in [3.63, 3.8) is 0 Å². The van der Waals surface area contributed by atoms with Gasteiger partial charge in [0.25, 0.3) is 0 Å². The smallest absolute Gasteiger partial charge is 0.126 e. The Balaban J connectivity index is 0.000000196. The summed E-state index contributed by atoms with van der Waals surface area (Å²) in [5.74, 6) is 2.43. The predicted octanol–water partition coefficient (Wildman–Crippen LogP) is 8.43. The average molecular weight is 940 g/mol. The molecule has 2 saturated heterocycles. The molecule has 4 aromatic rings. The Kier molecular flexibility index (Phi) is 17.6. The molecule has 4 aliphatic rings. The lowest BCUT2D eigenvalue weighted by Gasteiger charge is -2.33. The van der Waals surface area contributed by atoms with Crippen molar-refractivity contribution >= 4 is 34.8 Å². The summed E-state index contributed by atoms with van der Waals surface area (Å²) in [6, 6.07) is 20.9. The minimum atomic E-state index is -0.417.